The number of carbonyl (C=O) groups is 2. The van der Waals surface area contributed by atoms with Gasteiger partial charge in [0.05, 0.1) is 12.5 Å². The van der Waals surface area contributed by atoms with Crippen LogP contribution in [-0.2, 0) is 9.59 Å². The Morgan fingerprint density at radius 1 is 1.91 bits per heavy atom. The van der Waals surface area contributed by atoms with E-state index in [1.807, 2.05) is 0 Å². The van der Waals surface area contributed by atoms with Crippen molar-refractivity contribution in [2.24, 2.45) is 0 Å². The summed E-state index contributed by atoms with van der Waals surface area (Å²) in [5.74, 6) is 0.329. The number of β-lactam (4-membered cyclic amide) rings is 1. The highest BCUT2D eigenvalue weighted by Gasteiger charge is 2.35. The van der Waals surface area contributed by atoms with Gasteiger partial charge in [0.1, 0.15) is 0 Å². The Kier molecular flexibility index (Phi) is 2.38. The van der Waals surface area contributed by atoms with Crippen LogP contribution in [-0.4, -0.2) is 28.6 Å². The van der Waals surface area contributed by atoms with Gasteiger partial charge < -0.3 is 0 Å². The fraction of sp³-hybridized carbons (Fsp3) is 0.667. The zero-order valence-corrected chi connectivity index (χ0v) is 7.10. The molecule has 0 spiro atoms. The molecule has 1 aliphatic heterocycles. The van der Waals surface area contributed by atoms with Crippen molar-refractivity contribution in [3.8, 4) is 0 Å². The van der Waals surface area contributed by atoms with Gasteiger partial charge in [0, 0.05) is 12.7 Å². The first kappa shape index (κ1) is 8.39. The largest absolute Gasteiger partial charge is 0.274 e. The zero-order chi connectivity index (χ0) is 8.43. The van der Waals surface area contributed by atoms with E-state index in [0.29, 0.717) is 12.2 Å². The van der Waals surface area contributed by atoms with Crippen molar-refractivity contribution in [1.82, 2.24) is 10.4 Å². The second-order valence-electron chi connectivity index (χ2n) is 2.47. The molecule has 1 N–H and O–H groups in total. The molecule has 1 saturated heterocycles. The standard InChI is InChI=1S/C6H10N2O2S/c1-4(9)7-8-5(3-11)2-6(8)10/h5,11H,2-3H2,1H3,(H,7,9). The first-order chi connectivity index (χ1) is 5.15. The Morgan fingerprint density at radius 2 is 2.55 bits per heavy atom. The van der Waals surface area contributed by atoms with Gasteiger partial charge in [0.15, 0.2) is 0 Å². The topological polar surface area (TPSA) is 49.4 Å². The molecule has 0 aromatic rings. The number of nitrogens with one attached hydrogen (secondary N) is 1. The molecule has 0 aliphatic carbocycles. The number of rotatable bonds is 2. The molecule has 0 aromatic carbocycles. The molecule has 2 amide bonds. The van der Waals surface area contributed by atoms with Crippen molar-refractivity contribution in [3.05, 3.63) is 0 Å². The van der Waals surface area contributed by atoms with Gasteiger partial charge in [0.25, 0.3) is 0 Å². The van der Waals surface area contributed by atoms with Gasteiger partial charge in [-0.15, -0.1) is 0 Å². The molecule has 0 bridgehead atoms. The van der Waals surface area contributed by atoms with Crippen LogP contribution in [0.15, 0.2) is 0 Å². The van der Waals surface area contributed by atoms with Crippen molar-refractivity contribution < 1.29 is 9.59 Å². The van der Waals surface area contributed by atoms with Gasteiger partial charge in [-0.1, -0.05) is 0 Å². The average Bonchev–Trinajstić information content (AvgIpc) is 1.95. The van der Waals surface area contributed by atoms with E-state index in [2.05, 4.69) is 18.1 Å². The fourth-order valence-electron chi connectivity index (χ4n) is 0.952. The molecule has 0 saturated carbocycles. The SMILES string of the molecule is CC(=O)NN1C(=O)CC1CS. The third-order valence-electron chi connectivity index (χ3n) is 1.53. The Hall–Kier alpha value is -0.710. The van der Waals surface area contributed by atoms with Crippen molar-refractivity contribution >= 4 is 24.4 Å². The van der Waals surface area contributed by atoms with Gasteiger partial charge in [-0.05, 0) is 0 Å². The molecular formula is C6H10N2O2S. The Bertz CT molecular complexity index is 195. The molecule has 1 rings (SSSR count). The summed E-state index contributed by atoms with van der Waals surface area (Å²) in [6, 6.07) is 0.0785. The summed E-state index contributed by atoms with van der Waals surface area (Å²) in [5, 5.41) is 1.33. The quantitative estimate of drug-likeness (QED) is 0.441. The van der Waals surface area contributed by atoms with E-state index in [9.17, 15) is 9.59 Å². The maximum atomic E-state index is 10.8. The molecule has 5 heteroatoms. The summed E-state index contributed by atoms with van der Waals surface area (Å²) in [7, 11) is 0. The van der Waals surface area contributed by atoms with E-state index < -0.39 is 0 Å². The van der Waals surface area contributed by atoms with Gasteiger partial charge in [-0.25, -0.2) is 5.01 Å². The molecule has 62 valence electrons. The summed E-state index contributed by atoms with van der Waals surface area (Å²) in [5.41, 5.74) is 2.43. The van der Waals surface area contributed by atoms with Crippen molar-refractivity contribution in [1.29, 1.82) is 0 Å². The van der Waals surface area contributed by atoms with Crippen molar-refractivity contribution in [2.75, 3.05) is 5.75 Å². The van der Waals surface area contributed by atoms with Gasteiger partial charge >= 0.3 is 0 Å². The van der Waals surface area contributed by atoms with Crippen LogP contribution in [0.5, 0.6) is 0 Å². The van der Waals surface area contributed by atoms with Crippen LogP contribution in [0.4, 0.5) is 0 Å². The predicted octanol–water partition coefficient (Wildman–Crippen LogP) is -0.432. The molecule has 11 heavy (non-hydrogen) atoms. The maximum absolute atomic E-state index is 10.8. The molecular weight excluding hydrogens is 164 g/mol. The van der Waals surface area contributed by atoms with Gasteiger partial charge in [-0.3, -0.25) is 15.0 Å². The van der Waals surface area contributed by atoms with E-state index in [1.54, 1.807) is 0 Å². The lowest BCUT2D eigenvalue weighted by Crippen LogP contribution is -2.61. The summed E-state index contributed by atoms with van der Waals surface area (Å²) in [6.45, 7) is 1.38. The summed E-state index contributed by atoms with van der Waals surface area (Å²) < 4.78 is 0. The van der Waals surface area contributed by atoms with Gasteiger partial charge in [-0.2, -0.15) is 12.6 Å². The minimum atomic E-state index is -0.218. The highest BCUT2D eigenvalue weighted by Crippen LogP contribution is 2.16. The monoisotopic (exact) mass is 174 g/mol. The van der Waals surface area contributed by atoms with Crippen LogP contribution in [0, 0.1) is 0 Å². The Morgan fingerprint density at radius 3 is 2.91 bits per heavy atom. The number of thiol groups is 1. The number of nitrogens with zero attached hydrogens (tertiary/aromatic N) is 1. The smallest absolute Gasteiger partial charge is 0.243 e. The van der Waals surface area contributed by atoms with Crippen LogP contribution in [0.2, 0.25) is 0 Å². The molecule has 4 nitrogen and oxygen atoms in total. The number of hydrogen-bond donors (Lipinski definition) is 2. The number of amides is 2. The zero-order valence-electron chi connectivity index (χ0n) is 6.20. The Balaban J connectivity index is 2.42. The van der Waals surface area contributed by atoms with E-state index in [1.165, 1.54) is 11.9 Å². The lowest BCUT2D eigenvalue weighted by Gasteiger charge is -2.38. The molecule has 1 aliphatic rings. The number of hydrogen-bond acceptors (Lipinski definition) is 3. The molecule has 1 heterocycles. The van der Waals surface area contributed by atoms with Crippen LogP contribution < -0.4 is 5.43 Å². The van der Waals surface area contributed by atoms with Crippen LogP contribution in [0.1, 0.15) is 13.3 Å². The predicted molar refractivity (Wildman–Crippen MR) is 42.9 cm³/mol. The molecule has 1 atom stereocenters. The summed E-state index contributed by atoms with van der Waals surface area (Å²) >= 11 is 4.02. The number of hydrazine groups is 1. The molecule has 0 aromatic heterocycles. The normalized spacial score (nSPS) is 22.9. The summed E-state index contributed by atoms with van der Waals surface area (Å²) in [4.78, 5) is 21.3. The third-order valence-corrected chi connectivity index (χ3v) is 1.95. The second-order valence-corrected chi connectivity index (χ2v) is 2.84. The lowest BCUT2D eigenvalue weighted by atomic mass is 10.1. The highest BCUT2D eigenvalue weighted by molar-refractivity contribution is 7.80. The average molecular weight is 174 g/mol. The first-order valence-electron chi connectivity index (χ1n) is 3.35. The van der Waals surface area contributed by atoms with E-state index in [0.717, 1.165) is 0 Å². The minimum absolute atomic E-state index is 0.0424. The maximum Gasteiger partial charge on any atom is 0.243 e. The fourth-order valence-corrected chi connectivity index (χ4v) is 1.24. The molecule has 0 radical (unpaired) electrons. The first-order valence-corrected chi connectivity index (χ1v) is 3.98. The minimum Gasteiger partial charge on any atom is -0.274 e. The third kappa shape index (κ3) is 1.65. The number of carbonyl (C=O) groups excluding carboxylic acids is 2. The second kappa shape index (κ2) is 3.13. The van der Waals surface area contributed by atoms with E-state index in [-0.39, 0.29) is 17.9 Å². The van der Waals surface area contributed by atoms with Crippen molar-refractivity contribution in [3.63, 3.8) is 0 Å². The van der Waals surface area contributed by atoms with E-state index in [4.69, 9.17) is 0 Å². The highest BCUT2D eigenvalue weighted by atomic mass is 32.1. The van der Waals surface area contributed by atoms with Gasteiger partial charge in [0.2, 0.25) is 11.8 Å². The van der Waals surface area contributed by atoms with E-state index >= 15 is 0 Å². The van der Waals surface area contributed by atoms with Crippen molar-refractivity contribution in [2.45, 2.75) is 19.4 Å². The molecule has 1 unspecified atom stereocenters. The van der Waals surface area contributed by atoms with Crippen LogP contribution >= 0.6 is 12.6 Å². The molecule has 1 fully saturated rings. The van der Waals surface area contributed by atoms with Crippen LogP contribution in [0.3, 0.4) is 0 Å². The lowest BCUT2D eigenvalue weighted by molar-refractivity contribution is -0.154. The summed E-state index contributed by atoms with van der Waals surface area (Å²) in [6.07, 6.45) is 0.490. The Labute approximate surface area is 70.3 Å². The van der Waals surface area contributed by atoms with Crippen LogP contribution in [0.25, 0.3) is 0 Å².